The van der Waals surface area contributed by atoms with Crippen molar-refractivity contribution in [2.75, 3.05) is 13.2 Å². The Morgan fingerprint density at radius 1 is 0.344 bits per heavy atom. The van der Waals surface area contributed by atoms with Gasteiger partial charge in [0.25, 0.3) is 0 Å². The first-order valence-corrected chi connectivity index (χ1v) is 25.6. The van der Waals surface area contributed by atoms with E-state index < -0.39 is 6.10 Å². The summed E-state index contributed by atoms with van der Waals surface area (Å²) in [4.78, 5) is 37.9. The zero-order chi connectivity index (χ0) is 46.5. The lowest BCUT2D eigenvalue weighted by atomic mass is 10.1. The molecule has 0 N–H and O–H groups in total. The van der Waals surface area contributed by atoms with E-state index in [0.717, 1.165) is 96.3 Å². The molecule has 0 saturated carbocycles. The molecule has 0 aromatic rings. The first-order valence-electron chi connectivity index (χ1n) is 25.6. The summed E-state index contributed by atoms with van der Waals surface area (Å²) in [5, 5.41) is 0. The highest BCUT2D eigenvalue weighted by Crippen LogP contribution is 2.13. The number of hydrogen-bond donors (Lipinski definition) is 0. The average molecular weight is 885 g/mol. The third-order valence-electron chi connectivity index (χ3n) is 10.4. The summed E-state index contributed by atoms with van der Waals surface area (Å²) in [6.45, 7) is 6.31. The fourth-order valence-electron chi connectivity index (χ4n) is 6.52. The van der Waals surface area contributed by atoms with Gasteiger partial charge in [0.1, 0.15) is 13.2 Å². The third-order valence-corrected chi connectivity index (χ3v) is 10.4. The number of unbranched alkanes of at least 4 members (excludes halogenated alkanes) is 19. The molecule has 360 valence electrons. The minimum Gasteiger partial charge on any atom is -0.462 e. The Balaban J connectivity index is 4.54. The van der Waals surface area contributed by atoms with E-state index in [9.17, 15) is 14.4 Å². The Bertz CT molecular complexity index is 1390. The van der Waals surface area contributed by atoms with Gasteiger partial charge in [0, 0.05) is 19.3 Å². The van der Waals surface area contributed by atoms with Crippen molar-refractivity contribution >= 4 is 17.9 Å². The number of hydrogen-bond acceptors (Lipinski definition) is 6. The van der Waals surface area contributed by atoms with E-state index in [1.807, 2.05) is 42.5 Å². The molecule has 0 aliphatic heterocycles. The van der Waals surface area contributed by atoms with Gasteiger partial charge in [-0.25, -0.2) is 0 Å². The number of ether oxygens (including phenoxy) is 3. The number of carbonyl (C=O) groups is 3. The van der Waals surface area contributed by atoms with E-state index in [1.54, 1.807) is 0 Å². The molecule has 0 saturated heterocycles. The zero-order valence-electron chi connectivity index (χ0n) is 41.0. The minimum atomic E-state index is -0.821. The molecule has 0 spiro atoms. The second kappa shape index (κ2) is 51.4. The van der Waals surface area contributed by atoms with Crippen LogP contribution in [0.5, 0.6) is 0 Å². The number of esters is 3. The molecule has 1 atom stereocenters. The summed E-state index contributed by atoms with van der Waals surface area (Å²) in [5.41, 5.74) is 0. The van der Waals surface area contributed by atoms with E-state index in [0.29, 0.717) is 19.3 Å². The SMILES string of the molecule is CC\C=C/C=C\C=C/CCCCCCCCCC(=O)OC(COC(=O)CC/C=C\C/C=C\CCCCCCCC)COC(=O)CCCCCCC\C=C/C=C\C=C/C=C\C=C/CCC. The van der Waals surface area contributed by atoms with Gasteiger partial charge in [-0.2, -0.15) is 0 Å². The maximum atomic E-state index is 12.8. The molecular weight excluding hydrogens is 793 g/mol. The molecule has 0 aliphatic rings. The summed E-state index contributed by atoms with van der Waals surface area (Å²) >= 11 is 0. The van der Waals surface area contributed by atoms with E-state index in [2.05, 4.69) is 99.8 Å². The van der Waals surface area contributed by atoms with Crippen molar-refractivity contribution in [1.29, 1.82) is 0 Å². The summed E-state index contributed by atoms with van der Waals surface area (Å²) in [6.07, 6.45) is 70.4. The molecule has 64 heavy (non-hydrogen) atoms. The molecule has 0 amide bonds. The molecule has 0 aromatic heterocycles. The van der Waals surface area contributed by atoms with Crippen LogP contribution in [0.15, 0.2) is 122 Å². The summed E-state index contributed by atoms with van der Waals surface area (Å²) in [5.74, 6) is -1.03. The van der Waals surface area contributed by atoms with Gasteiger partial charge in [0.15, 0.2) is 6.10 Å². The lowest BCUT2D eigenvalue weighted by molar-refractivity contribution is -0.166. The smallest absolute Gasteiger partial charge is 0.306 e. The first-order chi connectivity index (χ1) is 31.5. The van der Waals surface area contributed by atoms with Gasteiger partial charge >= 0.3 is 17.9 Å². The van der Waals surface area contributed by atoms with Crippen LogP contribution in [0.3, 0.4) is 0 Å². The van der Waals surface area contributed by atoms with Crippen molar-refractivity contribution in [2.45, 2.75) is 213 Å². The van der Waals surface area contributed by atoms with Crippen molar-refractivity contribution in [1.82, 2.24) is 0 Å². The lowest BCUT2D eigenvalue weighted by Crippen LogP contribution is -2.30. The highest BCUT2D eigenvalue weighted by Gasteiger charge is 2.19. The minimum absolute atomic E-state index is 0.117. The number of rotatable bonds is 44. The second-order valence-electron chi connectivity index (χ2n) is 16.5. The van der Waals surface area contributed by atoms with Crippen molar-refractivity contribution in [3.8, 4) is 0 Å². The Morgan fingerprint density at radius 3 is 1.23 bits per heavy atom. The maximum absolute atomic E-state index is 12.8. The second-order valence-corrected chi connectivity index (χ2v) is 16.5. The molecule has 0 aromatic carbocycles. The van der Waals surface area contributed by atoms with E-state index in [4.69, 9.17) is 14.2 Å². The summed E-state index contributed by atoms with van der Waals surface area (Å²) in [6, 6.07) is 0. The number of carbonyl (C=O) groups excluding carboxylic acids is 3. The molecule has 6 nitrogen and oxygen atoms in total. The predicted molar refractivity (Wildman–Crippen MR) is 274 cm³/mol. The van der Waals surface area contributed by atoms with Crippen LogP contribution in [0.4, 0.5) is 0 Å². The molecule has 6 heteroatoms. The van der Waals surface area contributed by atoms with Gasteiger partial charge in [0.05, 0.1) is 0 Å². The molecule has 0 heterocycles. The monoisotopic (exact) mass is 885 g/mol. The van der Waals surface area contributed by atoms with Crippen LogP contribution in [0, 0.1) is 0 Å². The van der Waals surface area contributed by atoms with Crippen LogP contribution in [-0.4, -0.2) is 37.2 Å². The van der Waals surface area contributed by atoms with Crippen molar-refractivity contribution in [3.63, 3.8) is 0 Å². The lowest BCUT2D eigenvalue weighted by Gasteiger charge is -2.18. The van der Waals surface area contributed by atoms with Gasteiger partial charge in [-0.1, -0.05) is 232 Å². The highest BCUT2D eigenvalue weighted by molar-refractivity contribution is 5.71. The Labute approximate surface area is 392 Å². The Hall–Kier alpha value is -4.19. The predicted octanol–water partition coefficient (Wildman–Crippen LogP) is 16.9. The standard InChI is InChI=1S/C58H92O6/c1-4-7-10-13-16-19-22-25-27-28-29-31-33-36-39-42-45-48-51-57(60)63-54-55(53-62-56(59)50-47-44-41-38-35-32-24-21-18-15-12-9-6-3)64-58(61)52-49-46-43-40-37-34-30-26-23-20-17-14-11-8-5-2/h8,10-11,13-14,16-17,19-20,22-23,25,27-29,31-32,35,41,44,55H,4-7,9,12,15,18,21,24,26,30,33-34,36-40,42-43,45-54H2,1-3H3/b11-8-,13-10-,17-14-,19-16-,23-20-,25-22-,28-27-,31-29-,35-32-,44-41-. The van der Waals surface area contributed by atoms with Crippen molar-refractivity contribution in [2.24, 2.45) is 0 Å². The first kappa shape index (κ1) is 59.8. The fourth-order valence-corrected chi connectivity index (χ4v) is 6.52. The molecular formula is C58H92O6. The normalized spacial score (nSPS) is 13.1. The van der Waals surface area contributed by atoms with E-state index in [1.165, 1.54) is 64.2 Å². The average Bonchev–Trinajstić information content (AvgIpc) is 3.29. The van der Waals surface area contributed by atoms with Crippen LogP contribution in [-0.2, 0) is 28.6 Å². The van der Waals surface area contributed by atoms with Crippen LogP contribution in [0.1, 0.15) is 207 Å². The molecule has 0 bridgehead atoms. The van der Waals surface area contributed by atoms with Crippen LogP contribution in [0.25, 0.3) is 0 Å². The van der Waals surface area contributed by atoms with Gasteiger partial charge in [-0.3, -0.25) is 14.4 Å². The Morgan fingerprint density at radius 2 is 0.734 bits per heavy atom. The van der Waals surface area contributed by atoms with Gasteiger partial charge in [0.2, 0.25) is 0 Å². The summed E-state index contributed by atoms with van der Waals surface area (Å²) in [7, 11) is 0. The fraction of sp³-hybridized carbons (Fsp3) is 0.603. The highest BCUT2D eigenvalue weighted by atomic mass is 16.6. The largest absolute Gasteiger partial charge is 0.462 e. The third kappa shape index (κ3) is 48.8. The van der Waals surface area contributed by atoms with E-state index >= 15 is 0 Å². The van der Waals surface area contributed by atoms with E-state index in [-0.39, 0.29) is 37.5 Å². The topological polar surface area (TPSA) is 78.9 Å². The van der Waals surface area contributed by atoms with Gasteiger partial charge in [-0.05, 0) is 77.0 Å². The zero-order valence-corrected chi connectivity index (χ0v) is 41.0. The molecule has 0 fully saturated rings. The molecule has 0 aliphatic carbocycles. The summed E-state index contributed by atoms with van der Waals surface area (Å²) < 4.78 is 16.7. The van der Waals surface area contributed by atoms with Crippen LogP contribution >= 0.6 is 0 Å². The Kier molecular flexibility index (Phi) is 48.1. The van der Waals surface area contributed by atoms with Crippen molar-refractivity contribution in [3.05, 3.63) is 122 Å². The molecule has 0 rings (SSSR count). The molecule has 1 unspecified atom stereocenters. The van der Waals surface area contributed by atoms with Gasteiger partial charge in [-0.15, -0.1) is 0 Å². The van der Waals surface area contributed by atoms with Crippen LogP contribution < -0.4 is 0 Å². The van der Waals surface area contributed by atoms with Gasteiger partial charge < -0.3 is 14.2 Å². The quantitative estimate of drug-likeness (QED) is 0.0199. The number of allylic oxidation sites excluding steroid dienone is 20. The van der Waals surface area contributed by atoms with Crippen molar-refractivity contribution < 1.29 is 28.6 Å². The molecule has 0 radical (unpaired) electrons. The van der Waals surface area contributed by atoms with Crippen LogP contribution in [0.2, 0.25) is 0 Å². The maximum Gasteiger partial charge on any atom is 0.306 e.